The molecule has 0 unspecified atom stereocenters. The monoisotopic (exact) mass is 688 g/mol. The van der Waals surface area contributed by atoms with E-state index >= 15 is 0 Å². The summed E-state index contributed by atoms with van der Waals surface area (Å²) >= 11 is 12.6. The number of benzene rings is 3. The van der Waals surface area contributed by atoms with Crippen LogP contribution in [0, 0.1) is 0 Å². The first kappa shape index (κ1) is 35.5. The maximum Gasteiger partial charge on any atom is 0.490 e. The number of para-hydroxylation sites is 1. The largest absolute Gasteiger partial charge is 0.490 e. The molecule has 47 heavy (non-hydrogen) atoms. The van der Waals surface area contributed by atoms with Gasteiger partial charge in [-0.15, -0.1) is 10.2 Å². The number of carboxylic acids is 1. The highest BCUT2D eigenvalue weighted by Gasteiger charge is 2.38. The summed E-state index contributed by atoms with van der Waals surface area (Å²) in [6.45, 7) is 3.85. The molecule has 5 aromatic rings. The van der Waals surface area contributed by atoms with Crippen molar-refractivity contribution in [1.29, 1.82) is 0 Å². The highest BCUT2D eigenvalue weighted by Crippen LogP contribution is 2.27. The van der Waals surface area contributed by atoms with Gasteiger partial charge in [0, 0.05) is 29.9 Å². The number of alkyl halides is 3. The molecule has 0 fully saturated rings. The van der Waals surface area contributed by atoms with Crippen LogP contribution in [-0.2, 0) is 35.4 Å². The summed E-state index contributed by atoms with van der Waals surface area (Å²) in [5, 5.41) is 21.6. The van der Waals surface area contributed by atoms with E-state index in [1.165, 1.54) is 5.56 Å². The van der Waals surface area contributed by atoms with Gasteiger partial charge in [-0.1, -0.05) is 77.8 Å². The van der Waals surface area contributed by atoms with Gasteiger partial charge in [0.05, 0.1) is 28.2 Å². The molecule has 2 heterocycles. The number of hydrogen-bond donors (Lipinski definition) is 4. The number of carbonyl (C=O) groups excluding carboxylic acids is 1. The zero-order chi connectivity index (χ0) is 34.4. The first-order valence-corrected chi connectivity index (χ1v) is 15.2. The third-order valence-electron chi connectivity index (χ3n) is 7.20. The number of carbonyl (C=O) groups is 2. The van der Waals surface area contributed by atoms with Crippen LogP contribution >= 0.6 is 23.2 Å². The standard InChI is InChI=1S/C31H32Cl2N6O.C2HF3O2/c1-31(2,34)30(40)36-27(17-22-18-35-26-11-7-6-10-23(22)26)29-38-37-28(15-13-20-8-4-3-5-9-20)39(29)19-21-12-14-24(32)25(33)16-21;3-2(4,5)1(6)7/h3-12,14,16,18,27,35H,13,15,17,19,34H2,1-2H3,(H,36,40);(H,6,7)/t27-;/m1./s1. The fourth-order valence-electron chi connectivity index (χ4n) is 4.76. The Morgan fingerprint density at radius 3 is 2.26 bits per heavy atom. The molecule has 1 amide bonds. The molecule has 0 aliphatic heterocycles. The molecule has 248 valence electrons. The number of aromatic amines is 1. The van der Waals surface area contributed by atoms with E-state index in [9.17, 15) is 18.0 Å². The fraction of sp³-hybridized carbons (Fsp3) is 0.273. The number of nitrogens with two attached hydrogens (primary N) is 1. The summed E-state index contributed by atoms with van der Waals surface area (Å²) in [5.74, 6) is -1.56. The molecule has 0 saturated heterocycles. The number of aryl methyl sites for hydroxylation is 2. The number of rotatable bonds is 10. The summed E-state index contributed by atoms with van der Waals surface area (Å²) in [5.41, 5.74) is 9.38. The van der Waals surface area contributed by atoms with Crippen LogP contribution in [0.2, 0.25) is 10.0 Å². The van der Waals surface area contributed by atoms with Crippen molar-refractivity contribution in [2.75, 3.05) is 0 Å². The molecule has 0 spiro atoms. The number of carboxylic acid groups (broad SMARTS) is 1. The molecule has 0 bridgehead atoms. The molecule has 0 radical (unpaired) electrons. The predicted octanol–water partition coefficient (Wildman–Crippen LogP) is 6.67. The van der Waals surface area contributed by atoms with Gasteiger partial charge in [0.15, 0.2) is 5.82 Å². The Balaban J connectivity index is 0.000000644. The molecular weight excluding hydrogens is 656 g/mol. The number of amides is 1. The normalized spacial score (nSPS) is 12.3. The van der Waals surface area contributed by atoms with Crippen LogP contribution in [0.5, 0.6) is 0 Å². The fourth-order valence-corrected chi connectivity index (χ4v) is 5.08. The number of fused-ring (bicyclic) bond motifs is 1. The van der Waals surface area contributed by atoms with Crippen molar-refractivity contribution in [3.63, 3.8) is 0 Å². The third-order valence-corrected chi connectivity index (χ3v) is 7.94. The highest BCUT2D eigenvalue weighted by molar-refractivity contribution is 6.42. The highest BCUT2D eigenvalue weighted by atomic mass is 35.5. The van der Waals surface area contributed by atoms with Crippen molar-refractivity contribution < 1.29 is 27.9 Å². The van der Waals surface area contributed by atoms with E-state index in [0.717, 1.165) is 34.3 Å². The van der Waals surface area contributed by atoms with Gasteiger partial charge in [-0.25, -0.2) is 4.79 Å². The SMILES string of the molecule is CC(C)(N)C(=O)N[C@H](Cc1c[nH]c2ccccc12)c1nnc(CCc2ccccc2)n1Cc1ccc(Cl)c(Cl)c1.O=C(O)C(F)(F)F. The van der Waals surface area contributed by atoms with Crippen molar-refractivity contribution in [3.05, 3.63) is 117 Å². The maximum atomic E-state index is 13.2. The van der Waals surface area contributed by atoms with Crippen LogP contribution in [0.4, 0.5) is 13.2 Å². The summed E-state index contributed by atoms with van der Waals surface area (Å²) in [4.78, 5) is 25.4. The van der Waals surface area contributed by atoms with Crippen LogP contribution < -0.4 is 11.1 Å². The van der Waals surface area contributed by atoms with Gasteiger partial charge < -0.3 is 25.7 Å². The van der Waals surface area contributed by atoms with Gasteiger partial charge in [-0.2, -0.15) is 13.2 Å². The minimum absolute atomic E-state index is 0.271. The van der Waals surface area contributed by atoms with Crippen molar-refractivity contribution in [2.24, 2.45) is 5.73 Å². The Morgan fingerprint density at radius 1 is 0.957 bits per heavy atom. The minimum atomic E-state index is -5.08. The molecule has 14 heteroatoms. The topological polar surface area (TPSA) is 139 Å². The number of aromatic nitrogens is 4. The number of nitrogens with zero attached hydrogens (tertiary/aromatic N) is 3. The first-order valence-electron chi connectivity index (χ1n) is 14.5. The lowest BCUT2D eigenvalue weighted by Gasteiger charge is -2.25. The van der Waals surface area contributed by atoms with Gasteiger partial charge in [-0.05, 0) is 55.2 Å². The molecule has 0 saturated carbocycles. The quantitative estimate of drug-likeness (QED) is 0.129. The number of nitrogens with one attached hydrogen (secondary N) is 2. The van der Waals surface area contributed by atoms with Crippen LogP contribution in [0.3, 0.4) is 0 Å². The van der Waals surface area contributed by atoms with Crippen molar-refractivity contribution >= 4 is 46.0 Å². The van der Waals surface area contributed by atoms with Crippen molar-refractivity contribution in [1.82, 2.24) is 25.1 Å². The average molecular weight is 690 g/mol. The van der Waals surface area contributed by atoms with E-state index < -0.39 is 23.7 Å². The van der Waals surface area contributed by atoms with E-state index in [2.05, 4.69) is 43.3 Å². The maximum absolute atomic E-state index is 13.2. The van der Waals surface area contributed by atoms with Crippen molar-refractivity contribution in [2.45, 2.75) is 57.4 Å². The molecule has 2 aromatic heterocycles. The van der Waals surface area contributed by atoms with Crippen LogP contribution in [0.25, 0.3) is 10.9 Å². The molecule has 1 atom stereocenters. The average Bonchev–Trinajstić information content (AvgIpc) is 3.61. The van der Waals surface area contributed by atoms with Gasteiger partial charge >= 0.3 is 12.1 Å². The summed E-state index contributed by atoms with van der Waals surface area (Å²) in [6, 6.07) is 23.5. The van der Waals surface area contributed by atoms with Crippen LogP contribution in [0.15, 0.2) is 79.0 Å². The molecule has 5 rings (SSSR count). The second-order valence-corrected chi connectivity index (χ2v) is 12.2. The molecule has 3 aromatic carbocycles. The van der Waals surface area contributed by atoms with Gasteiger partial charge in [0.2, 0.25) is 5.91 Å². The van der Waals surface area contributed by atoms with Crippen molar-refractivity contribution in [3.8, 4) is 0 Å². The summed E-state index contributed by atoms with van der Waals surface area (Å²) < 4.78 is 33.8. The zero-order valence-corrected chi connectivity index (χ0v) is 27.0. The second-order valence-electron chi connectivity index (χ2n) is 11.4. The van der Waals surface area contributed by atoms with E-state index in [-0.39, 0.29) is 5.91 Å². The molecule has 0 aliphatic rings. The first-order chi connectivity index (χ1) is 22.1. The van der Waals surface area contributed by atoms with Crippen LogP contribution in [0.1, 0.15) is 48.2 Å². The lowest BCUT2D eigenvalue weighted by Crippen LogP contribution is -2.50. The molecule has 0 aliphatic carbocycles. The zero-order valence-electron chi connectivity index (χ0n) is 25.5. The van der Waals surface area contributed by atoms with E-state index in [1.807, 2.05) is 54.7 Å². The third kappa shape index (κ3) is 9.57. The number of hydrogen-bond acceptors (Lipinski definition) is 5. The Bertz CT molecular complexity index is 1830. The van der Waals surface area contributed by atoms with Gasteiger partial charge in [-0.3, -0.25) is 4.79 Å². The number of H-pyrrole nitrogens is 1. The Morgan fingerprint density at radius 2 is 1.62 bits per heavy atom. The lowest BCUT2D eigenvalue weighted by molar-refractivity contribution is -0.192. The minimum Gasteiger partial charge on any atom is -0.475 e. The summed E-state index contributed by atoms with van der Waals surface area (Å²) in [7, 11) is 0. The number of aliphatic carboxylic acids is 1. The summed E-state index contributed by atoms with van der Waals surface area (Å²) in [6.07, 6.45) is -1.12. The molecule has 9 nitrogen and oxygen atoms in total. The number of halogens is 5. The molecule has 5 N–H and O–H groups in total. The van der Waals surface area contributed by atoms with E-state index in [4.69, 9.17) is 38.8 Å². The Labute approximate surface area is 278 Å². The Hall–Kier alpha value is -4.39. The van der Waals surface area contributed by atoms with E-state index in [1.54, 1.807) is 19.9 Å². The lowest BCUT2D eigenvalue weighted by atomic mass is 10.0. The Kier molecular flexibility index (Phi) is 11.3. The second kappa shape index (κ2) is 15.0. The molecular formula is C33H33Cl2F3N6O3. The van der Waals surface area contributed by atoms with E-state index in [0.29, 0.717) is 35.3 Å². The smallest absolute Gasteiger partial charge is 0.475 e. The van der Waals surface area contributed by atoms with Crippen LogP contribution in [-0.4, -0.2) is 48.4 Å². The van der Waals surface area contributed by atoms with Gasteiger partial charge in [0.1, 0.15) is 5.82 Å². The predicted molar refractivity (Wildman–Crippen MR) is 174 cm³/mol. The van der Waals surface area contributed by atoms with Gasteiger partial charge in [0.25, 0.3) is 0 Å².